The first-order valence-electron chi connectivity index (χ1n) is 15.0. The predicted molar refractivity (Wildman–Crippen MR) is 169 cm³/mol. The summed E-state index contributed by atoms with van der Waals surface area (Å²) in [5, 5.41) is 14.7. The second-order valence-electron chi connectivity index (χ2n) is 11.7. The number of hydrogen-bond acceptors (Lipinski definition) is 10. The lowest BCUT2D eigenvalue weighted by Gasteiger charge is -2.44. The van der Waals surface area contributed by atoms with Crippen molar-refractivity contribution >= 4 is 44.8 Å². The highest BCUT2D eigenvalue weighted by atomic mass is 32.2. The number of benzene rings is 1. The maximum Gasteiger partial charge on any atom is 0.393 e. The fourth-order valence-electron chi connectivity index (χ4n) is 6.09. The van der Waals surface area contributed by atoms with Crippen LogP contribution in [0.1, 0.15) is 54.5 Å². The van der Waals surface area contributed by atoms with Crippen LogP contribution in [0.25, 0.3) is 20.8 Å². The molecule has 0 aliphatic carbocycles. The summed E-state index contributed by atoms with van der Waals surface area (Å²) < 4.78 is 70.0. The normalized spacial score (nSPS) is 22.6. The zero-order chi connectivity index (χ0) is 32.7. The van der Waals surface area contributed by atoms with Gasteiger partial charge in [-0.2, -0.15) is 29.9 Å². The van der Waals surface area contributed by atoms with Crippen molar-refractivity contribution in [3.05, 3.63) is 41.4 Å². The molecule has 2 fully saturated rings. The van der Waals surface area contributed by atoms with Gasteiger partial charge in [0.1, 0.15) is 11.7 Å². The summed E-state index contributed by atoms with van der Waals surface area (Å²) in [5.41, 5.74) is 0.817. The van der Waals surface area contributed by atoms with E-state index in [1.165, 1.54) is 7.11 Å². The van der Waals surface area contributed by atoms with Crippen molar-refractivity contribution in [3.8, 4) is 16.6 Å². The van der Waals surface area contributed by atoms with Gasteiger partial charge in [-0.05, 0) is 43.8 Å². The Morgan fingerprint density at radius 2 is 2.04 bits per heavy atom. The Morgan fingerprint density at radius 3 is 2.72 bits per heavy atom. The molecule has 0 radical (unpaired) electrons. The number of aromatic nitrogens is 4. The molecule has 0 spiro atoms. The first kappa shape index (κ1) is 32.6. The molecule has 1 aromatic carbocycles. The molecule has 2 N–H and O–H groups in total. The SMILES string of the molecule is CCC1C(F)C(Nc2cccc3c(CC(F)(F)F)c(-c4noc(CNC(=O)c5cn(C6CSC6)nc5OC)n4)sc23)CC(C)N1C. The quantitative estimate of drug-likeness (QED) is 0.192. The van der Waals surface area contributed by atoms with Gasteiger partial charge in [0.25, 0.3) is 5.91 Å². The summed E-state index contributed by atoms with van der Waals surface area (Å²) in [7, 11) is 3.35. The van der Waals surface area contributed by atoms with E-state index < -0.39 is 30.7 Å². The van der Waals surface area contributed by atoms with E-state index in [0.717, 1.165) is 22.8 Å². The lowest BCUT2D eigenvalue weighted by molar-refractivity contribution is -0.126. The molecule has 6 rings (SSSR count). The molecule has 5 heterocycles. The van der Waals surface area contributed by atoms with E-state index in [1.54, 1.807) is 40.8 Å². The second-order valence-corrected chi connectivity index (χ2v) is 13.8. The molecule has 2 aliphatic rings. The van der Waals surface area contributed by atoms with Gasteiger partial charge in [0.15, 0.2) is 0 Å². The van der Waals surface area contributed by atoms with Gasteiger partial charge in [-0.15, -0.1) is 16.4 Å². The zero-order valence-corrected chi connectivity index (χ0v) is 27.4. The molecule has 4 unspecified atom stereocenters. The van der Waals surface area contributed by atoms with Crippen LogP contribution in [-0.4, -0.2) is 86.9 Å². The summed E-state index contributed by atoms with van der Waals surface area (Å²) >= 11 is 2.88. The number of nitrogens with zero attached hydrogens (tertiary/aromatic N) is 5. The summed E-state index contributed by atoms with van der Waals surface area (Å²) in [5.74, 6) is 1.51. The maximum atomic E-state index is 15.6. The average Bonchev–Trinajstić information content (AvgIpc) is 3.71. The lowest BCUT2D eigenvalue weighted by atomic mass is 9.89. The summed E-state index contributed by atoms with van der Waals surface area (Å²) in [6.45, 7) is 3.84. The minimum Gasteiger partial charge on any atom is -0.479 e. The molecule has 2 saturated heterocycles. The van der Waals surface area contributed by atoms with Crippen LogP contribution in [0.4, 0.5) is 23.2 Å². The van der Waals surface area contributed by atoms with Crippen molar-refractivity contribution in [2.45, 2.75) is 76.2 Å². The molecule has 248 valence electrons. The first-order valence-corrected chi connectivity index (χ1v) is 17.0. The van der Waals surface area contributed by atoms with Gasteiger partial charge in [-0.3, -0.25) is 14.4 Å². The van der Waals surface area contributed by atoms with E-state index in [2.05, 4.69) is 25.9 Å². The number of methoxy groups -OCH3 is 1. The topological polar surface area (TPSA) is 110 Å². The minimum atomic E-state index is -4.50. The minimum absolute atomic E-state index is 0.0128. The molecule has 2 aliphatic heterocycles. The maximum absolute atomic E-state index is 15.6. The number of carbonyl (C=O) groups excluding carboxylic acids is 1. The van der Waals surface area contributed by atoms with Crippen molar-refractivity contribution in [2.24, 2.45) is 0 Å². The molecule has 4 aromatic rings. The van der Waals surface area contributed by atoms with Gasteiger partial charge in [0.2, 0.25) is 17.6 Å². The van der Waals surface area contributed by atoms with Crippen LogP contribution in [-0.2, 0) is 13.0 Å². The number of thioether (sulfide) groups is 1. The van der Waals surface area contributed by atoms with Crippen molar-refractivity contribution in [1.82, 2.24) is 30.1 Å². The highest BCUT2D eigenvalue weighted by molar-refractivity contribution is 8.00. The monoisotopic (exact) mass is 681 g/mol. The van der Waals surface area contributed by atoms with Gasteiger partial charge in [-0.25, -0.2) is 4.39 Å². The first-order chi connectivity index (χ1) is 22.0. The van der Waals surface area contributed by atoms with Crippen LogP contribution in [0.15, 0.2) is 28.9 Å². The third-order valence-electron chi connectivity index (χ3n) is 8.72. The highest BCUT2D eigenvalue weighted by Gasteiger charge is 2.40. The van der Waals surface area contributed by atoms with E-state index in [4.69, 9.17) is 9.26 Å². The third-order valence-corrected chi connectivity index (χ3v) is 11.2. The Morgan fingerprint density at radius 1 is 1.26 bits per heavy atom. The van der Waals surface area contributed by atoms with Crippen molar-refractivity contribution in [2.75, 3.05) is 31.0 Å². The standard InChI is InChI=1S/C30H35F4N7O3S2/c1-5-22-24(31)21(9-15(2)40(22)3)36-20-8-6-7-17-18(10-30(32,33)34)26(46-25(17)20)27-37-23(44-39-27)11-35-28(42)19-12-41(16-13-45-14-16)38-29(19)43-4/h6-8,12,15-16,21-22,24,36H,5,9-11,13-14H2,1-4H3,(H,35,42). The molecule has 0 saturated carbocycles. The number of likely N-dealkylation sites (tertiary alicyclic amines) is 1. The van der Waals surface area contributed by atoms with Crippen LogP contribution in [0.2, 0.25) is 0 Å². The molecule has 16 heteroatoms. The number of piperidine rings is 1. The van der Waals surface area contributed by atoms with Crippen molar-refractivity contribution in [1.29, 1.82) is 0 Å². The summed E-state index contributed by atoms with van der Waals surface area (Å²) in [6, 6.07) is 4.61. The number of rotatable bonds is 10. The second kappa shape index (κ2) is 13.0. The van der Waals surface area contributed by atoms with E-state index in [-0.39, 0.29) is 58.3 Å². The average molecular weight is 682 g/mol. The van der Waals surface area contributed by atoms with Gasteiger partial charge < -0.3 is 19.9 Å². The summed E-state index contributed by atoms with van der Waals surface area (Å²) in [6.07, 6.45) is -4.05. The Balaban J connectivity index is 1.25. The Bertz CT molecular complexity index is 1700. The van der Waals surface area contributed by atoms with Crippen LogP contribution in [0, 0.1) is 0 Å². The number of carbonyl (C=O) groups is 1. The molecule has 0 bridgehead atoms. The molecule has 3 aromatic heterocycles. The molecular weight excluding hydrogens is 647 g/mol. The Kier molecular flexibility index (Phi) is 9.22. The van der Waals surface area contributed by atoms with Crippen molar-refractivity contribution in [3.63, 3.8) is 0 Å². The highest BCUT2D eigenvalue weighted by Crippen LogP contribution is 2.44. The van der Waals surface area contributed by atoms with Crippen LogP contribution < -0.4 is 15.4 Å². The van der Waals surface area contributed by atoms with Crippen LogP contribution >= 0.6 is 23.1 Å². The molecule has 46 heavy (non-hydrogen) atoms. The predicted octanol–water partition coefficient (Wildman–Crippen LogP) is 6.10. The molecule has 10 nitrogen and oxygen atoms in total. The van der Waals surface area contributed by atoms with E-state index in [0.29, 0.717) is 28.6 Å². The molecular formula is C30H35F4N7O3S2. The van der Waals surface area contributed by atoms with Crippen LogP contribution in [0.3, 0.4) is 0 Å². The number of ether oxygens (including phenoxy) is 1. The lowest BCUT2D eigenvalue weighted by Crippen LogP contribution is -2.56. The number of nitrogens with one attached hydrogen (secondary N) is 2. The van der Waals surface area contributed by atoms with E-state index in [1.807, 2.05) is 25.8 Å². The van der Waals surface area contributed by atoms with Gasteiger partial charge in [-0.1, -0.05) is 24.2 Å². The number of fused-ring (bicyclic) bond motifs is 1. The van der Waals surface area contributed by atoms with Gasteiger partial charge in [0, 0.05) is 29.8 Å². The van der Waals surface area contributed by atoms with Crippen molar-refractivity contribution < 1.29 is 31.6 Å². The van der Waals surface area contributed by atoms with Crippen LogP contribution in [0.5, 0.6) is 5.88 Å². The Hall–Kier alpha value is -3.37. The molecule has 4 atom stereocenters. The smallest absolute Gasteiger partial charge is 0.393 e. The third kappa shape index (κ3) is 6.43. The zero-order valence-electron chi connectivity index (χ0n) is 25.7. The van der Waals surface area contributed by atoms with E-state index in [9.17, 15) is 18.0 Å². The largest absolute Gasteiger partial charge is 0.479 e. The number of alkyl halides is 4. The van der Waals surface area contributed by atoms with Gasteiger partial charge >= 0.3 is 6.18 Å². The number of halogens is 4. The number of thiophene rings is 1. The number of anilines is 1. The molecule has 1 amide bonds. The fourth-order valence-corrected chi connectivity index (χ4v) is 8.06. The van der Waals surface area contributed by atoms with Gasteiger partial charge in [0.05, 0.1) is 47.4 Å². The number of hydrogen-bond donors (Lipinski definition) is 2. The summed E-state index contributed by atoms with van der Waals surface area (Å²) in [4.78, 5) is 19.5. The van der Waals surface area contributed by atoms with E-state index >= 15 is 4.39 Å². The Labute approximate surface area is 271 Å². The number of amides is 1. The fraction of sp³-hybridized carbons (Fsp3) is 0.533.